The number of carbonyl (C=O) groups excluding carboxylic acids is 3. The van der Waals surface area contributed by atoms with Crippen LogP contribution in [0.4, 0.5) is 0 Å². The number of amides is 3. The smallest absolute Gasteiger partial charge is 0.247 e. The first-order valence-electron chi connectivity index (χ1n) is 8.48. The average molecular weight is 368 g/mol. The highest BCUT2D eigenvalue weighted by atomic mass is 16.2. The van der Waals surface area contributed by atoms with Crippen molar-refractivity contribution in [2.24, 2.45) is 11.5 Å². The Morgan fingerprint density at radius 2 is 1.56 bits per heavy atom. The van der Waals surface area contributed by atoms with E-state index in [0.717, 1.165) is 27.5 Å². The van der Waals surface area contributed by atoms with Gasteiger partial charge in [-0.15, -0.1) is 0 Å². The molecule has 4 N–H and O–H groups in total. The van der Waals surface area contributed by atoms with Crippen LogP contribution in [0.5, 0.6) is 0 Å². The van der Waals surface area contributed by atoms with Crippen LogP contribution in [0.25, 0.3) is 11.8 Å². The van der Waals surface area contributed by atoms with Gasteiger partial charge in [0.1, 0.15) is 13.1 Å². The van der Waals surface area contributed by atoms with E-state index in [1.165, 1.54) is 11.6 Å². The molecule has 3 amide bonds. The number of hydrogen-bond acceptors (Lipinski definition) is 3. The third-order valence-corrected chi connectivity index (χ3v) is 4.17. The Labute approximate surface area is 158 Å². The monoisotopic (exact) mass is 368 g/mol. The standard InChI is InChI=1S/C20H24N4O3/c1-13-4-7-17(8-5-13)24-14(2)10-16(15(24)3)6-9-20(27)23(11-18(21)25)12-19(22)26/h4-10H,11-12H2,1-3H3,(H2,21,25)(H2,22,26)/b9-6+. The second kappa shape index (κ2) is 8.35. The van der Waals surface area contributed by atoms with E-state index in [1.54, 1.807) is 6.08 Å². The lowest BCUT2D eigenvalue weighted by molar-refractivity contribution is -0.134. The maximum Gasteiger partial charge on any atom is 0.247 e. The number of benzene rings is 1. The lowest BCUT2D eigenvalue weighted by Crippen LogP contribution is -2.42. The van der Waals surface area contributed by atoms with Crippen LogP contribution in [0.1, 0.15) is 22.5 Å². The summed E-state index contributed by atoms with van der Waals surface area (Å²) in [6.45, 7) is 5.24. The molecule has 0 aliphatic carbocycles. The molecular formula is C20H24N4O3. The number of nitrogens with two attached hydrogens (primary N) is 2. The van der Waals surface area contributed by atoms with Gasteiger partial charge >= 0.3 is 0 Å². The summed E-state index contributed by atoms with van der Waals surface area (Å²) in [5, 5.41) is 0. The molecule has 0 radical (unpaired) electrons. The van der Waals surface area contributed by atoms with Gasteiger partial charge in [-0.25, -0.2) is 0 Å². The van der Waals surface area contributed by atoms with Gasteiger partial charge in [-0.05, 0) is 50.6 Å². The van der Waals surface area contributed by atoms with E-state index < -0.39 is 17.7 Å². The second-order valence-corrected chi connectivity index (χ2v) is 6.46. The van der Waals surface area contributed by atoms with Crippen LogP contribution in [-0.4, -0.2) is 40.3 Å². The molecule has 1 aromatic carbocycles. The normalized spacial score (nSPS) is 10.9. The molecule has 7 heteroatoms. The third kappa shape index (κ3) is 5.07. The molecule has 0 aliphatic rings. The zero-order valence-corrected chi connectivity index (χ0v) is 15.7. The first-order valence-corrected chi connectivity index (χ1v) is 8.48. The van der Waals surface area contributed by atoms with Crippen LogP contribution in [0.15, 0.2) is 36.4 Å². The van der Waals surface area contributed by atoms with Gasteiger partial charge in [0, 0.05) is 23.2 Å². The van der Waals surface area contributed by atoms with Crippen molar-refractivity contribution < 1.29 is 14.4 Å². The summed E-state index contributed by atoms with van der Waals surface area (Å²) in [6.07, 6.45) is 2.97. The molecule has 0 saturated heterocycles. The summed E-state index contributed by atoms with van der Waals surface area (Å²) in [6, 6.07) is 10.1. The summed E-state index contributed by atoms with van der Waals surface area (Å²) in [5.41, 5.74) is 15.3. The van der Waals surface area contributed by atoms with Gasteiger partial charge in [0.15, 0.2) is 0 Å². The minimum Gasteiger partial charge on any atom is -0.368 e. The zero-order valence-electron chi connectivity index (χ0n) is 15.7. The van der Waals surface area contributed by atoms with E-state index in [4.69, 9.17) is 11.5 Å². The van der Waals surface area contributed by atoms with Crippen molar-refractivity contribution in [1.29, 1.82) is 0 Å². The lowest BCUT2D eigenvalue weighted by atomic mass is 10.2. The molecule has 0 fully saturated rings. The van der Waals surface area contributed by atoms with Crippen molar-refractivity contribution in [2.75, 3.05) is 13.1 Å². The van der Waals surface area contributed by atoms with E-state index in [1.807, 2.05) is 51.1 Å². The fourth-order valence-electron chi connectivity index (χ4n) is 2.90. The Hall–Kier alpha value is -3.35. The largest absolute Gasteiger partial charge is 0.368 e. The average Bonchev–Trinajstić information content (AvgIpc) is 2.86. The SMILES string of the molecule is Cc1ccc(-n2c(C)cc(/C=C/C(=O)N(CC(N)=O)CC(N)=O)c2C)cc1. The van der Waals surface area contributed by atoms with E-state index in [2.05, 4.69) is 4.57 Å². The van der Waals surface area contributed by atoms with Crippen molar-refractivity contribution in [2.45, 2.75) is 20.8 Å². The first-order chi connectivity index (χ1) is 12.7. The van der Waals surface area contributed by atoms with E-state index in [9.17, 15) is 14.4 Å². The Kier molecular flexibility index (Phi) is 6.18. The van der Waals surface area contributed by atoms with Gasteiger partial charge in [0.05, 0.1) is 0 Å². The Morgan fingerprint density at radius 1 is 1.00 bits per heavy atom. The van der Waals surface area contributed by atoms with Crippen LogP contribution >= 0.6 is 0 Å². The molecule has 1 aromatic heterocycles. The second-order valence-electron chi connectivity index (χ2n) is 6.46. The number of aryl methyl sites for hydroxylation is 2. The van der Waals surface area contributed by atoms with Crippen molar-refractivity contribution in [3.63, 3.8) is 0 Å². The van der Waals surface area contributed by atoms with Crippen LogP contribution in [0, 0.1) is 20.8 Å². The van der Waals surface area contributed by atoms with Crippen molar-refractivity contribution in [3.05, 3.63) is 58.9 Å². The maximum absolute atomic E-state index is 12.3. The highest BCUT2D eigenvalue weighted by Crippen LogP contribution is 2.22. The van der Waals surface area contributed by atoms with Gasteiger partial charge in [0.25, 0.3) is 0 Å². The number of aromatic nitrogens is 1. The number of nitrogens with zero attached hydrogens (tertiary/aromatic N) is 2. The van der Waals surface area contributed by atoms with E-state index in [-0.39, 0.29) is 13.1 Å². The van der Waals surface area contributed by atoms with E-state index in [0.29, 0.717) is 0 Å². The molecule has 0 aliphatic heterocycles. The third-order valence-electron chi connectivity index (χ3n) is 4.17. The number of carbonyl (C=O) groups is 3. The molecule has 142 valence electrons. The van der Waals surface area contributed by atoms with Crippen molar-refractivity contribution >= 4 is 23.8 Å². The predicted molar refractivity (Wildman–Crippen MR) is 104 cm³/mol. The molecule has 7 nitrogen and oxygen atoms in total. The van der Waals surface area contributed by atoms with Gasteiger partial charge in [-0.2, -0.15) is 0 Å². The zero-order chi connectivity index (χ0) is 20.1. The molecular weight excluding hydrogens is 344 g/mol. The minimum atomic E-state index is -0.712. The van der Waals surface area contributed by atoms with Crippen LogP contribution in [0.3, 0.4) is 0 Å². The molecule has 0 unspecified atom stereocenters. The first kappa shape index (κ1) is 20.0. The molecule has 27 heavy (non-hydrogen) atoms. The fourth-order valence-corrected chi connectivity index (χ4v) is 2.90. The number of hydrogen-bond donors (Lipinski definition) is 2. The maximum atomic E-state index is 12.3. The van der Waals surface area contributed by atoms with Crippen molar-refractivity contribution in [3.8, 4) is 5.69 Å². The van der Waals surface area contributed by atoms with Gasteiger partial charge < -0.3 is 20.9 Å². The molecule has 1 heterocycles. The quantitative estimate of drug-likeness (QED) is 0.717. The van der Waals surface area contributed by atoms with E-state index >= 15 is 0 Å². The summed E-state index contributed by atoms with van der Waals surface area (Å²) in [4.78, 5) is 35.5. The topological polar surface area (TPSA) is 111 Å². The Bertz CT molecular complexity index is 879. The molecule has 2 aromatic rings. The number of primary amides is 2. The summed E-state index contributed by atoms with van der Waals surface area (Å²) >= 11 is 0. The van der Waals surface area contributed by atoms with Gasteiger partial charge in [-0.3, -0.25) is 14.4 Å². The molecule has 0 atom stereocenters. The Balaban J connectivity index is 2.27. The predicted octanol–water partition coefficient (Wildman–Crippen LogP) is 1.21. The van der Waals surface area contributed by atoms with Crippen molar-refractivity contribution in [1.82, 2.24) is 9.47 Å². The fraction of sp³-hybridized carbons (Fsp3) is 0.250. The lowest BCUT2D eigenvalue weighted by Gasteiger charge is -2.17. The van der Waals surface area contributed by atoms with Crippen LogP contribution < -0.4 is 11.5 Å². The van der Waals surface area contributed by atoms with Crippen LogP contribution in [-0.2, 0) is 14.4 Å². The van der Waals surface area contributed by atoms with Gasteiger partial charge in [0.2, 0.25) is 17.7 Å². The van der Waals surface area contributed by atoms with Gasteiger partial charge in [-0.1, -0.05) is 17.7 Å². The highest BCUT2D eigenvalue weighted by molar-refractivity contribution is 5.96. The van der Waals surface area contributed by atoms with Crippen LogP contribution in [0.2, 0.25) is 0 Å². The molecule has 2 rings (SSSR count). The molecule has 0 spiro atoms. The Morgan fingerprint density at radius 3 is 2.07 bits per heavy atom. The number of rotatable bonds is 7. The highest BCUT2D eigenvalue weighted by Gasteiger charge is 2.16. The molecule has 0 bridgehead atoms. The summed E-state index contributed by atoms with van der Waals surface area (Å²) in [7, 11) is 0. The molecule has 0 saturated carbocycles. The summed E-state index contributed by atoms with van der Waals surface area (Å²) in [5.74, 6) is -1.93. The minimum absolute atomic E-state index is 0.367. The summed E-state index contributed by atoms with van der Waals surface area (Å²) < 4.78 is 2.09.